The summed E-state index contributed by atoms with van der Waals surface area (Å²) in [5.41, 5.74) is 5.22. The molecule has 0 saturated carbocycles. The Morgan fingerprint density at radius 3 is 1.74 bits per heavy atom. The first-order valence-corrected chi connectivity index (χ1v) is 4.04. The molecule has 1 radical (unpaired) electrons. The van der Waals surface area contributed by atoms with Gasteiger partial charge in [-0.2, -0.15) is 0 Å². The second kappa shape index (κ2) is 14.1. The molecule has 0 bridgehead atoms. The number of carboxylic acid groups (broad SMARTS) is 2. The number of pyridine rings is 1. The van der Waals surface area contributed by atoms with Gasteiger partial charge in [0.05, 0.1) is 0 Å². The molecule has 0 fully saturated rings. The molecule has 1 amide bonds. The molecule has 0 aromatic carbocycles. The van der Waals surface area contributed by atoms with Gasteiger partial charge in [0, 0.05) is 24.6 Å². The third-order valence-corrected chi connectivity index (χ3v) is 1.21. The molecule has 0 spiro atoms. The standard InChI is InChI=1S/C6H6N2O.C3H4O4.Cu.2H2O/c7-6(9)5-3-1-2-4-8-5;4-2(5)1-3(6)7;;;/h1-4H,(H2,7,9);1H2,(H,4,5)(H,6,7);;2*1H2/q;;+2;;/p-2. The molecule has 19 heavy (non-hydrogen) atoms. The molecule has 111 valence electrons. The number of carboxylic acids is 2. The Hall–Kier alpha value is -2.00. The molecule has 0 aliphatic carbocycles. The summed E-state index contributed by atoms with van der Waals surface area (Å²) in [4.78, 5) is 32.6. The molecule has 1 aromatic heterocycles. The summed E-state index contributed by atoms with van der Waals surface area (Å²) >= 11 is 0. The van der Waals surface area contributed by atoms with Crippen molar-refractivity contribution in [2.24, 2.45) is 5.73 Å². The Bertz CT molecular complexity index is 373. The summed E-state index contributed by atoms with van der Waals surface area (Å²) in [6, 6.07) is 5.02. The number of aliphatic carboxylic acids is 2. The van der Waals surface area contributed by atoms with Crippen molar-refractivity contribution in [1.82, 2.24) is 4.98 Å². The number of carbonyl (C=O) groups excluding carboxylic acids is 3. The van der Waals surface area contributed by atoms with E-state index >= 15 is 0 Å². The number of primary amides is 1. The first-order valence-electron chi connectivity index (χ1n) is 4.04. The summed E-state index contributed by atoms with van der Waals surface area (Å²) in [7, 11) is 0. The molecule has 0 unspecified atom stereocenters. The van der Waals surface area contributed by atoms with Crippen molar-refractivity contribution >= 4 is 17.8 Å². The van der Waals surface area contributed by atoms with E-state index in [2.05, 4.69) is 4.98 Å². The van der Waals surface area contributed by atoms with Crippen LogP contribution >= 0.6 is 0 Å². The van der Waals surface area contributed by atoms with Gasteiger partial charge in [0.15, 0.2) is 0 Å². The fraction of sp³-hybridized carbons (Fsp3) is 0.111. The summed E-state index contributed by atoms with van der Waals surface area (Å²) < 4.78 is 0. The minimum Gasteiger partial charge on any atom is -0.550 e. The minimum absolute atomic E-state index is 0. The Morgan fingerprint density at radius 2 is 1.58 bits per heavy atom. The van der Waals surface area contributed by atoms with Crippen LogP contribution < -0.4 is 15.9 Å². The first kappa shape index (κ1) is 25.8. The zero-order valence-corrected chi connectivity index (χ0v) is 10.3. The van der Waals surface area contributed by atoms with Crippen molar-refractivity contribution < 1.29 is 52.6 Å². The first-order chi connectivity index (χ1) is 7.43. The maximum absolute atomic E-state index is 10.4. The number of amides is 1. The number of hydrogen-bond acceptors (Lipinski definition) is 6. The van der Waals surface area contributed by atoms with Crippen LogP contribution in [0.5, 0.6) is 0 Å². The van der Waals surface area contributed by atoms with Gasteiger partial charge in [-0.3, -0.25) is 9.78 Å². The number of aromatic nitrogens is 1. The average Bonchev–Trinajstić information content (AvgIpc) is 2.17. The zero-order chi connectivity index (χ0) is 12.6. The molecule has 6 N–H and O–H groups in total. The summed E-state index contributed by atoms with van der Waals surface area (Å²) in [5.74, 6) is -3.74. The van der Waals surface area contributed by atoms with Crippen LogP contribution in [0.3, 0.4) is 0 Å². The Kier molecular flexibility index (Phi) is 19.1. The van der Waals surface area contributed by atoms with Crippen molar-refractivity contribution in [2.75, 3.05) is 0 Å². The topological polar surface area (TPSA) is 199 Å². The van der Waals surface area contributed by atoms with E-state index in [-0.39, 0.29) is 28.0 Å². The van der Waals surface area contributed by atoms with Gasteiger partial charge in [-0.15, -0.1) is 0 Å². The normalized spacial score (nSPS) is 7.16. The maximum Gasteiger partial charge on any atom is 2.00 e. The van der Waals surface area contributed by atoms with Crippen LogP contribution in [0.2, 0.25) is 0 Å². The van der Waals surface area contributed by atoms with E-state index in [1.165, 1.54) is 6.20 Å². The third-order valence-electron chi connectivity index (χ3n) is 1.21. The fourth-order valence-corrected chi connectivity index (χ4v) is 0.626. The van der Waals surface area contributed by atoms with Gasteiger partial charge in [-0.25, -0.2) is 0 Å². The zero-order valence-electron chi connectivity index (χ0n) is 9.38. The van der Waals surface area contributed by atoms with Crippen LogP contribution in [-0.4, -0.2) is 33.8 Å². The Morgan fingerprint density at radius 1 is 1.11 bits per heavy atom. The van der Waals surface area contributed by atoms with Crippen molar-refractivity contribution in [3.05, 3.63) is 30.1 Å². The van der Waals surface area contributed by atoms with Gasteiger partial charge < -0.3 is 36.5 Å². The van der Waals surface area contributed by atoms with Crippen molar-refractivity contribution in [3.8, 4) is 0 Å². The third kappa shape index (κ3) is 16.0. The summed E-state index contributed by atoms with van der Waals surface area (Å²) in [5, 5.41) is 18.6. The van der Waals surface area contributed by atoms with E-state index in [1.807, 2.05) is 0 Å². The number of rotatable bonds is 3. The largest absolute Gasteiger partial charge is 2.00 e. The monoisotopic (exact) mass is 323 g/mol. The predicted molar refractivity (Wildman–Crippen MR) is 54.6 cm³/mol. The number of nitrogens with zero attached hydrogens (tertiary/aromatic N) is 1. The van der Waals surface area contributed by atoms with E-state index in [1.54, 1.807) is 18.2 Å². The molecule has 0 aliphatic heterocycles. The van der Waals surface area contributed by atoms with Crippen LogP contribution in [0.25, 0.3) is 0 Å². The number of hydrogen-bond donors (Lipinski definition) is 1. The fourth-order valence-electron chi connectivity index (χ4n) is 0.626. The molecule has 1 aromatic rings. The van der Waals surface area contributed by atoms with E-state index < -0.39 is 24.3 Å². The van der Waals surface area contributed by atoms with Gasteiger partial charge in [0.2, 0.25) is 0 Å². The van der Waals surface area contributed by atoms with Crippen molar-refractivity contribution in [2.45, 2.75) is 6.42 Å². The van der Waals surface area contributed by atoms with Crippen LogP contribution in [-0.2, 0) is 26.7 Å². The molecular formula is C9H12CuN2O7. The van der Waals surface area contributed by atoms with E-state index in [4.69, 9.17) is 5.73 Å². The van der Waals surface area contributed by atoms with E-state index in [9.17, 15) is 24.6 Å². The van der Waals surface area contributed by atoms with E-state index in [0.717, 1.165) is 0 Å². The molecule has 0 aliphatic rings. The van der Waals surface area contributed by atoms with Gasteiger partial charge in [-0.1, -0.05) is 6.07 Å². The van der Waals surface area contributed by atoms with Gasteiger partial charge in [0.25, 0.3) is 5.91 Å². The Labute approximate surface area is 118 Å². The quantitative estimate of drug-likeness (QED) is 0.428. The maximum atomic E-state index is 10.4. The molecule has 0 saturated heterocycles. The van der Waals surface area contributed by atoms with Gasteiger partial charge in [0.1, 0.15) is 5.69 Å². The number of carbonyl (C=O) groups is 3. The van der Waals surface area contributed by atoms with Crippen LogP contribution in [0.15, 0.2) is 24.4 Å². The molecule has 1 heterocycles. The molecule has 0 atom stereocenters. The van der Waals surface area contributed by atoms with Crippen LogP contribution in [0, 0.1) is 0 Å². The SMILES string of the molecule is NC(=O)c1ccccn1.O.O.O=C([O-])CC(=O)[O-].[Cu+2]. The summed E-state index contributed by atoms with van der Waals surface area (Å²) in [6.45, 7) is 0. The molecule has 1 rings (SSSR count). The minimum atomic E-state index is -1.63. The average molecular weight is 324 g/mol. The van der Waals surface area contributed by atoms with Gasteiger partial charge >= 0.3 is 17.1 Å². The number of nitrogens with two attached hydrogens (primary N) is 1. The predicted octanol–water partition coefficient (Wildman–Crippen LogP) is -4.60. The molecule has 9 nitrogen and oxygen atoms in total. The second-order valence-corrected chi connectivity index (χ2v) is 2.50. The van der Waals surface area contributed by atoms with Gasteiger partial charge in [-0.05, 0) is 12.1 Å². The molecular weight excluding hydrogens is 312 g/mol. The van der Waals surface area contributed by atoms with Crippen molar-refractivity contribution in [1.29, 1.82) is 0 Å². The van der Waals surface area contributed by atoms with E-state index in [0.29, 0.717) is 5.69 Å². The smallest absolute Gasteiger partial charge is 0.550 e. The van der Waals surface area contributed by atoms with Crippen molar-refractivity contribution in [3.63, 3.8) is 0 Å². The summed E-state index contributed by atoms with van der Waals surface area (Å²) in [6.07, 6.45) is 0.500. The van der Waals surface area contributed by atoms with Crippen LogP contribution in [0.1, 0.15) is 16.9 Å². The van der Waals surface area contributed by atoms with Crippen LogP contribution in [0.4, 0.5) is 0 Å². The second-order valence-electron chi connectivity index (χ2n) is 2.50. The molecule has 10 heteroatoms. The Balaban J connectivity index is -0.000000105.